The van der Waals surface area contributed by atoms with Crippen molar-refractivity contribution >= 4 is 5.78 Å². The molecule has 19 heavy (non-hydrogen) atoms. The van der Waals surface area contributed by atoms with Gasteiger partial charge >= 0.3 is 0 Å². The van der Waals surface area contributed by atoms with Crippen LogP contribution in [-0.2, 0) is 10.2 Å². The Bertz CT molecular complexity index is 431. The molecule has 0 unspecified atom stereocenters. The van der Waals surface area contributed by atoms with Crippen molar-refractivity contribution in [1.29, 1.82) is 0 Å². The molecule has 0 radical (unpaired) electrons. The first-order valence-corrected chi connectivity index (χ1v) is 7.03. The Labute approximate surface area is 117 Å². The number of benzene rings is 1. The van der Waals surface area contributed by atoms with Crippen LogP contribution in [-0.4, -0.2) is 11.9 Å². The van der Waals surface area contributed by atoms with Gasteiger partial charge < -0.3 is 4.74 Å². The highest BCUT2D eigenvalue weighted by Crippen LogP contribution is 2.35. The molecule has 0 aliphatic carbocycles. The quantitative estimate of drug-likeness (QED) is 0.761. The van der Waals surface area contributed by atoms with Crippen molar-refractivity contribution in [2.45, 2.75) is 59.5 Å². The zero-order chi connectivity index (χ0) is 14.6. The van der Waals surface area contributed by atoms with E-state index >= 15 is 0 Å². The van der Waals surface area contributed by atoms with Crippen LogP contribution in [0.2, 0.25) is 0 Å². The fraction of sp³-hybridized carbons (Fsp3) is 0.588. The maximum Gasteiger partial charge on any atom is 0.136 e. The number of Topliss-reactive ketones (excluding diaryl/α,β-unsaturated/α-hetero) is 1. The number of ketones is 1. The molecule has 1 aromatic rings. The smallest absolute Gasteiger partial charge is 0.136 e. The predicted octanol–water partition coefficient (Wildman–Crippen LogP) is 4.37. The molecule has 2 nitrogen and oxygen atoms in total. The zero-order valence-corrected chi connectivity index (χ0v) is 13.0. The van der Waals surface area contributed by atoms with Gasteiger partial charge in [-0.15, -0.1) is 0 Å². The largest absolute Gasteiger partial charge is 0.491 e. The van der Waals surface area contributed by atoms with Gasteiger partial charge in [-0.1, -0.05) is 45.9 Å². The lowest BCUT2D eigenvalue weighted by atomic mass is 9.78. The van der Waals surface area contributed by atoms with Gasteiger partial charge in [-0.05, 0) is 19.9 Å². The van der Waals surface area contributed by atoms with Gasteiger partial charge in [0.15, 0.2) is 0 Å². The van der Waals surface area contributed by atoms with Crippen molar-refractivity contribution in [3.63, 3.8) is 0 Å². The Balaban J connectivity index is 3.03. The van der Waals surface area contributed by atoms with Gasteiger partial charge in [-0.3, -0.25) is 4.79 Å². The SMILES string of the molecule is CC(C)Oc1ccccc1C(C)(C)CC(=O)C(C)C. The minimum atomic E-state index is -0.202. The number of para-hydroxylation sites is 1. The third-order valence-electron chi connectivity index (χ3n) is 3.24. The van der Waals surface area contributed by atoms with Crippen LogP contribution in [0.25, 0.3) is 0 Å². The molecule has 0 saturated heterocycles. The Morgan fingerprint density at radius 3 is 2.26 bits per heavy atom. The summed E-state index contributed by atoms with van der Waals surface area (Å²) in [5.74, 6) is 1.26. The Morgan fingerprint density at radius 1 is 1.16 bits per heavy atom. The van der Waals surface area contributed by atoms with Crippen LogP contribution in [0.5, 0.6) is 5.75 Å². The number of ether oxygens (including phenoxy) is 1. The van der Waals surface area contributed by atoms with E-state index in [0.717, 1.165) is 11.3 Å². The third-order valence-corrected chi connectivity index (χ3v) is 3.24. The molecule has 0 fully saturated rings. The number of carbonyl (C=O) groups is 1. The normalized spacial score (nSPS) is 12.0. The number of hydrogen-bond donors (Lipinski definition) is 0. The lowest BCUT2D eigenvalue weighted by Gasteiger charge is -2.28. The molecule has 1 rings (SSSR count). The van der Waals surface area contributed by atoms with E-state index in [1.807, 2.05) is 45.9 Å². The second-order valence-electron chi connectivity index (χ2n) is 6.34. The van der Waals surface area contributed by atoms with E-state index in [-0.39, 0.29) is 17.4 Å². The molecule has 0 spiro atoms. The Kier molecular flexibility index (Phi) is 5.16. The molecule has 0 aliphatic heterocycles. The van der Waals surface area contributed by atoms with Gasteiger partial charge in [0.05, 0.1) is 6.10 Å². The molecular weight excluding hydrogens is 236 g/mol. The maximum atomic E-state index is 12.0. The molecule has 0 amide bonds. The summed E-state index contributed by atoms with van der Waals surface area (Å²) in [7, 11) is 0. The number of hydrogen-bond acceptors (Lipinski definition) is 2. The maximum absolute atomic E-state index is 12.0. The van der Waals surface area contributed by atoms with E-state index in [1.54, 1.807) is 0 Å². The highest BCUT2D eigenvalue weighted by atomic mass is 16.5. The summed E-state index contributed by atoms with van der Waals surface area (Å²) in [6.07, 6.45) is 0.682. The van der Waals surface area contributed by atoms with Gasteiger partial charge in [0.1, 0.15) is 11.5 Å². The molecule has 106 valence electrons. The summed E-state index contributed by atoms with van der Waals surface area (Å²) in [5, 5.41) is 0. The van der Waals surface area contributed by atoms with Crippen LogP contribution in [0.1, 0.15) is 53.5 Å². The molecule has 0 N–H and O–H groups in total. The molecule has 0 saturated carbocycles. The monoisotopic (exact) mass is 262 g/mol. The minimum absolute atomic E-state index is 0.0810. The summed E-state index contributed by atoms with van der Waals surface area (Å²) in [6.45, 7) is 12.2. The molecule has 0 heterocycles. The van der Waals surface area contributed by atoms with E-state index in [0.29, 0.717) is 12.2 Å². The van der Waals surface area contributed by atoms with Gasteiger partial charge in [-0.25, -0.2) is 0 Å². The summed E-state index contributed by atoms with van der Waals surface area (Å²) in [5.41, 5.74) is 0.907. The molecule has 0 aliphatic rings. The van der Waals surface area contributed by atoms with E-state index < -0.39 is 0 Å². The second kappa shape index (κ2) is 6.23. The van der Waals surface area contributed by atoms with Gasteiger partial charge in [-0.2, -0.15) is 0 Å². The molecule has 1 aromatic carbocycles. The number of rotatable bonds is 6. The average molecular weight is 262 g/mol. The summed E-state index contributed by atoms with van der Waals surface area (Å²) in [6, 6.07) is 8.02. The zero-order valence-electron chi connectivity index (χ0n) is 13.0. The van der Waals surface area contributed by atoms with E-state index in [2.05, 4.69) is 19.9 Å². The third kappa shape index (κ3) is 4.38. The first kappa shape index (κ1) is 15.7. The molecule has 0 bridgehead atoms. The van der Waals surface area contributed by atoms with Crippen LogP contribution < -0.4 is 4.74 Å². The second-order valence-corrected chi connectivity index (χ2v) is 6.34. The lowest BCUT2D eigenvalue weighted by molar-refractivity contribution is -0.122. The van der Waals surface area contributed by atoms with Crippen molar-refractivity contribution in [2.75, 3.05) is 0 Å². The van der Waals surface area contributed by atoms with E-state index in [1.165, 1.54) is 0 Å². The van der Waals surface area contributed by atoms with Crippen LogP contribution in [0.3, 0.4) is 0 Å². The van der Waals surface area contributed by atoms with Crippen molar-refractivity contribution < 1.29 is 9.53 Å². The molecule has 0 aromatic heterocycles. The Hall–Kier alpha value is -1.31. The van der Waals surface area contributed by atoms with Crippen molar-refractivity contribution in [3.05, 3.63) is 29.8 Å². The van der Waals surface area contributed by atoms with Crippen LogP contribution in [0, 0.1) is 5.92 Å². The highest BCUT2D eigenvalue weighted by molar-refractivity contribution is 5.81. The fourth-order valence-electron chi connectivity index (χ4n) is 2.12. The molecule has 0 atom stereocenters. The first-order chi connectivity index (χ1) is 8.74. The summed E-state index contributed by atoms with van der Waals surface area (Å²) >= 11 is 0. The Morgan fingerprint density at radius 2 is 1.74 bits per heavy atom. The summed E-state index contributed by atoms with van der Waals surface area (Å²) in [4.78, 5) is 12.0. The molecular formula is C17H26O2. The highest BCUT2D eigenvalue weighted by Gasteiger charge is 2.28. The summed E-state index contributed by atoms with van der Waals surface area (Å²) < 4.78 is 5.86. The van der Waals surface area contributed by atoms with Crippen molar-refractivity contribution in [2.24, 2.45) is 5.92 Å². The molecule has 2 heteroatoms. The standard InChI is InChI=1S/C17H26O2/c1-12(2)15(18)11-17(5,6)14-9-7-8-10-16(14)19-13(3)4/h7-10,12-13H,11H2,1-6H3. The van der Waals surface area contributed by atoms with Crippen molar-refractivity contribution in [3.8, 4) is 5.75 Å². The topological polar surface area (TPSA) is 26.3 Å². The van der Waals surface area contributed by atoms with Gasteiger partial charge in [0.2, 0.25) is 0 Å². The van der Waals surface area contributed by atoms with Crippen LogP contribution in [0.15, 0.2) is 24.3 Å². The fourth-order valence-corrected chi connectivity index (χ4v) is 2.12. The van der Waals surface area contributed by atoms with Crippen LogP contribution >= 0.6 is 0 Å². The lowest BCUT2D eigenvalue weighted by Crippen LogP contribution is -2.25. The van der Waals surface area contributed by atoms with E-state index in [9.17, 15) is 4.79 Å². The number of carbonyl (C=O) groups excluding carboxylic acids is 1. The van der Waals surface area contributed by atoms with Gasteiger partial charge in [0.25, 0.3) is 0 Å². The minimum Gasteiger partial charge on any atom is -0.491 e. The van der Waals surface area contributed by atoms with Gasteiger partial charge in [0, 0.05) is 23.3 Å². The average Bonchev–Trinajstić information content (AvgIpc) is 2.27. The van der Waals surface area contributed by atoms with Crippen LogP contribution in [0.4, 0.5) is 0 Å². The van der Waals surface area contributed by atoms with E-state index in [4.69, 9.17) is 4.74 Å². The van der Waals surface area contributed by atoms with Crippen molar-refractivity contribution in [1.82, 2.24) is 0 Å². The first-order valence-electron chi connectivity index (χ1n) is 7.03. The predicted molar refractivity (Wildman–Crippen MR) is 79.7 cm³/mol.